The highest BCUT2D eigenvalue weighted by Crippen LogP contribution is 2.43. The average Bonchev–Trinajstić information content (AvgIpc) is 2.94. The van der Waals surface area contributed by atoms with Gasteiger partial charge >= 0.3 is 0 Å². The van der Waals surface area contributed by atoms with Crippen molar-refractivity contribution in [3.05, 3.63) is 54.1 Å². The van der Waals surface area contributed by atoms with Crippen LogP contribution in [-0.2, 0) is 18.9 Å². The van der Waals surface area contributed by atoms with E-state index in [0.717, 1.165) is 18.7 Å². The van der Waals surface area contributed by atoms with Gasteiger partial charge in [0.2, 0.25) is 0 Å². The zero-order valence-corrected chi connectivity index (χ0v) is 12.7. The number of hydrogen-bond acceptors (Lipinski definition) is 2. The number of imidazole rings is 1. The maximum absolute atomic E-state index is 11.0. The first-order valence-electron chi connectivity index (χ1n) is 7.92. The Morgan fingerprint density at radius 1 is 1.19 bits per heavy atom. The number of rotatable bonds is 4. The van der Waals surface area contributed by atoms with E-state index in [4.69, 9.17) is 0 Å². The Hall–Kier alpha value is -1.61. The van der Waals surface area contributed by atoms with Gasteiger partial charge in [-0.25, -0.2) is 4.98 Å². The number of aliphatic hydroxyl groups is 1. The van der Waals surface area contributed by atoms with Crippen LogP contribution in [0.2, 0.25) is 0 Å². The minimum absolute atomic E-state index is 0.106. The van der Waals surface area contributed by atoms with Crippen molar-refractivity contribution < 1.29 is 5.11 Å². The molecule has 1 saturated carbocycles. The molecule has 1 aliphatic rings. The molecule has 0 bridgehead atoms. The number of aliphatic hydroxyl groups excluding tert-OH is 1. The quantitative estimate of drug-likeness (QED) is 0.936. The molecule has 3 rings (SSSR count). The zero-order valence-electron chi connectivity index (χ0n) is 12.7. The summed E-state index contributed by atoms with van der Waals surface area (Å²) in [5, 5.41) is 11.0. The molecule has 2 aromatic rings. The van der Waals surface area contributed by atoms with E-state index in [0.29, 0.717) is 6.42 Å². The number of nitrogens with zero attached hydrogens (tertiary/aromatic N) is 2. The standard InChI is InChI=1S/C18H24N2O/c1-20-13-12-19-17(20)14-16(21)18(10-6-3-7-11-18)15-8-4-2-5-9-15/h2,4-5,8-9,12-13,16,21H,3,6-7,10-11,14H2,1H3. The van der Waals surface area contributed by atoms with Gasteiger partial charge in [0, 0.05) is 31.3 Å². The van der Waals surface area contributed by atoms with Crippen LogP contribution in [0, 0.1) is 0 Å². The second-order valence-electron chi connectivity index (χ2n) is 6.26. The Morgan fingerprint density at radius 3 is 2.52 bits per heavy atom. The minimum Gasteiger partial charge on any atom is -0.392 e. The van der Waals surface area contributed by atoms with Gasteiger partial charge in [-0.05, 0) is 18.4 Å². The van der Waals surface area contributed by atoms with Crippen LogP contribution in [0.5, 0.6) is 0 Å². The molecule has 1 aromatic carbocycles. The predicted molar refractivity (Wildman–Crippen MR) is 84.1 cm³/mol. The van der Waals surface area contributed by atoms with Crippen LogP contribution in [0.15, 0.2) is 42.7 Å². The largest absolute Gasteiger partial charge is 0.392 e. The fraction of sp³-hybridized carbons (Fsp3) is 0.500. The molecule has 1 aromatic heterocycles. The van der Waals surface area contributed by atoms with Crippen molar-refractivity contribution in [2.75, 3.05) is 0 Å². The van der Waals surface area contributed by atoms with Gasteiger partial charge in [-0.2, -0.15) is 0 Å². The molecule has 21 heavy (non-hydrogen) atoms. The van der Waals surface area contributed by atoms with Gasteiger partial charge in [0.25, 0.3) is 0 Å². The third-order valence-electron chi connectivity index (χ3n) is 5.03. The summed E-state index contributed by atoms with van der Waals surface area (Å²) >= 11 is 0. The van der Waals surface area contributed by atoms with Crippen LogP contribution in [-0.4, -0.2) is 20.8 Å². The molecule has 0 spiro atoms. The van der Waals surface area contributed by atoms with Gasteiger partial charge in [-0.15, -0.1) is 0 Å². The van der Waals surface area contributed by atoms with Crippen molar-refractivity contribution >= 4 is 0 Å². The first-order chi connectivity index (χ1) is 10.2. The molecule has 1 unspecified atom stereocenters. The van der Waals surface area contributed by atoms with Gasteiger partial charge < -0.3 is 9.67 Å². The third-order valence-corrected chi connectivity index (χ3v) is 5.03. The van der Waals surface area contributed by atoms with Crippen molar-refractivity contribution in [2.24, 2.45) is 7.05 Å². The molecule has 1 aliphatic carbocycles. The Morgan fingerprint density at radius 2 is 1.90 bits per heavy atom. The second kappa shape index (κ2) is 6.02. The van der Waals surface area contributed by atoms with Crippen LogP contribution < -0.4 is 0 Å². The van der Waals surface area contributed by atoms with Crippen LogP contribution in [0.3, 0.4) is 0 Å². The monoisotopic (exact) mass is 284 g/mol. The SMILES string of the molecule is Cn1ccnc1CC(O)C1(c2ccccc2)CCCCC1. The first-order valence-corrected chi connectivity index (χ1v) is 7.92. The van der Waals surface area contributed by atoms with Gasteiger partial charge in [-0.1, -0.05) is 49.6 Å². The molecule has 0 saturated heterocycles. The van der Waals surface area contributed by atoms with Gasteiger partial charge in [-0.3, -0.25) is 0 Å². The minimum atomic E-state index is -0.374. The molecule has 1 atom stereocenters. The fourth-order valence-electron chi connectivity index (χ4n) is 3.73. The van der Waals surface area contributed by atoms with Crippen LogP contribution in [0.25, 0.3) is 0 Å². The van der Waals surface area contributed by atoms with E-state index in [2.05, 4.69) is 29.2 Å². The Bertz CT molecular complexity index is 570. The number of hydrogen-bond donors (Lipinski definition) is 1. The summed E-state index contributed by atoms with van der Waals surface area (Å²) in [6.07, 6.45) is 9.82. The van der Waals surface area contributed by atoms with Crippen molar-refractivity contribution in [1.82, 2.24) is 9.55 Å². The number of aryl methyl sites for hydroxylation is 1. The predicted octanol–water partition coefficient (Wildman–Crippen LogP) is 3.23. The van der Waals surface area contributed by atoms with E-state index < -0.39 is 0 Å². The molecular formula is C18H24N2O. The van der Waals surface area contributed by atoms with Crippen molar-refractivity contribution in [2.45, 2.75) is 50.0 Å². The van der Waals surface area contributed by atoms with Crippen molar-refractivity contribution in [3.8, 4) is 0 Å². The van der Waals surface area contributed by atoms with E-state index in [9.17, 15) is 5.11 Å². The summed E-state index contributed by atoms with van der Waals surface area (Å²) in [6.45, 7) is 0. The van der Waals surface area contributed by atoms with E-state index in [1.54, 1.807) is 6.20 Å². The van der Waals surface area contributed by atoms with Gasteiger partial charge in [0.1, 0.15) is 5.82 Å². The highest BCUT2D eigenvalue weighted by Gasteiger charge is 2.40. The molecule has 3 heteroatoms. The van der Waals surface area contributed by atoms with Crippen LogP contribution in [0.1, 0.15) is 43.5 Å². The van der Waals surface area contributed by atoms with Crippen molar-refractivity contribution in [3.63, 3.8) is 0 Å². The molecule has 1 fully saturated rings. The van der Waals surface area contributed by atoms with E-state index >= 15 is 0 Å². The van der Waals surface area contributed by atoms with Crippen LogP contribution >= 0.6 is 0 Å². The Balaban J connectivity index is 1.90. The van der Waals surface area contributed by atoms with Gasteiger partial charge in [0.15, 0.2) is 0 Å². The lowest BCUT2D eigenvalue weighted by Crippen LogP contribution is -2.43. The summed E-state index contributed by atoms with van der Waals surface area (Å²) in [6, 6.07) is 10.6. The lowest BCUT2D eigenvalue weighted by atomic mass is 9.65. The molecular weight excluding hydrogens is 260 g/mol. The number of benzene rings is 1. The van der Waals surface area contributed by atoms with Crippen molar-refractivity contribution in [1.29, 1.82) is 0 Å². The fourth-order valence-corrected chi connectivity index (χ4v) is 3.73. The van der Waals surface area contributed by atoms with E-state index in [1.165, 1.54) is 24.8 Å². The van der Waals surface area contributed by atoms with Gasteiger partial charge in [0.05, 0.1) is 6.10 Å². The molecule has 1 N–H and O–H groups in total. The topological polar surface area (TPSA) is 38.0 Å². The summed E-state index contributed by atoms with van der Waals surface area (Å²) in [5.74, 6) is 0.961. The average molecular weight is 284 g/mol. The zero-order chi connectivity index (χ0) is 14.7. The Kier molecular flexibility index (Phi) is 4.11. The normalized spacial score (nSPS) is 19.3. The first kappa shape index (κ1) is 14.3. The summed E-state index contributed by atoms with van der Waals surface area (Å²) < 4.78 is 2.00. The maximum atomic E-state index is 11.0. The van der Waals surface area contributed by atoms with E-state index in [-0.39, 0.29) is 11.5 Å². The van der Waals surface area contributed by atoms with Crippen LogP contribution in [0.4, 0.5) is 0 Å². The Labute approximate surface area is 126 Å². The maximum Gasteiger partial charge on any atom is 0.110 e. The summed E-state index contributed by atoms with van der Waals surface area (Å²) in [5.41, 5.74) is 1.18. The highest BCUT2D eigenvalue weighted by atomic mass is 16.3. The molecule has 0 aliphatic heterocycles. The summed E-state index contributed by atoms with van der Waals surface area (Å²) in [4.78, 5) is 4.38. The molecule has 3 nitrogen and oxygen atoms in total. The number of aromatic nitrogens is 2. The molecule has 1 heterocycles. The highest BCUT2D eigenvalue weighted by molar-refractivity contribution is 5.28. The third kappa shape index (κ3) is 2.75. The summed E-state index contributed by atoms with van der Waals surface area (Å²) in [7, 11) is 1.99. The second-order valence-corrected chi connectivity index (χ2v) is 6.26. The lowest BCUT2D eigenvalue weighted by Gasteiger charge is -2.41. The van der Waals surface area contributed by atoms with E-state index in [1.807, 2.05) is 23.9 Å². The lowest BCUT2D eigenvalue weighted by molar-refractivity contribution is 0.0519. The molecule has 0 radical (unpaired) electrons. The smallest absolute Gasteiger partial charge is 0.110 e. The molecule has 112 valence electrons. The molecule has 0 amide bonds.